The summed E-state index contributed by atoms with van der Waals surface area (Å²) < 4.78 is 0. The molecule has 0 spiro atoms. The standard InChI is InChI=1S/C13H14N4O3S/c1-7(18)15-8-3-2-4-9(5-8)16-13-17-10(6-21-13)11(14)12(19)20/h2-6,11H,14H2,1H3,(H,15,18)(H,16,17)(H,19,20). The number of nitrogens with zero attached hydrogens (tertiary/aromatic N) is 1. The van der Waals surface area contributed by atoms with Gasteiger partial charge in [-0.15, -0.1) is 11.3 Å². The summed E-state index contributed by atoms with van der Waals surface area (Å²) >= 11 is 1.26. The quantitative estimate of drug-likeness (QED) is 0.670. The van der Waals surface area contributed by atoms with Gasteiger partial charge in [0, 0.05) is 23.7 Å². The summed E-state index contributed by atoms with van der Waals surface area (Å²) in [5.74, 6) is -1.28. The van der Waals surface area contributed by atoms with Crippen LogP contribution in [0.3, 0.4) is 0 Å². The lowest BCUT2D eigenvalue weighted by molar-refractivity contribution is -0.138. The third-order valence-corrected chi connectivity index (χ3v) is 3.32. The summed E-state index contributed by atoms with van der Waals surface area (Å²) in [7, 11) is 0. The number of hydrogen-bond acceptors (Lipinski definition) is 6. The Morgan fingerprint density at radius 2 is 2.10 bits per heavy atom. The summed E-state index contributed by atoms with van der Waals surface area (Å²) in [6.07, 6.45) is 0. The van der Waals surface area contributed by atoms with Crippen LogP contribution in [0, 0.1) is 0 Å². The molecule has 2 aromatic rings. The normalized spacial score (nSPS) is 11.7. The van der Waals surface area contributed by atoms with Crippen LogP contribution in [0.1, 0.15) is 18.7 Å². The van der Waals surface area contributed by atoms with Gasteiger partial charge in [-0.1, -0.05) is 6.07 Å². The van der Waals surface area contributed by atoms with Crippen molar-refractivity contribution >= 4 is 39.7 Å². The number of carboxylic acids is 1. The molecule has 0 aliphatic rings. The number of carbonyl (C=O) groups is 2. The lowest BCUT2D eigenvalue weighted by Gasteiger charge is -2.06. The van der Waals surface area contributed by atoms with E-state index in [1.165, 1.54) is 18.3 Å². The van der Waals surface area contributed by atoms with Crippen molar-refractivity contribution in [3.8, 4) is 0 Å². The number of hydrogen-bond donors (Lipinski definition) is 4. The van der Waals surface area contributed by atoms with Gasteiger partial charge in [-0.05, 0) is 18.2 Å². The van der Waals surface area contributed by atoms with Crippen LogP contribution in [0.4, 0.5) is 16.5 Å². The highest BCUT2D eigenvalue weighted by atomic mass is 32.1. The lowest BCUT2D eigenvalue weighted by Crippen LogP contribution is -2.20. The Morgan fingerprint density at radius 3 is 2.76 bits per heavy atom. The van der Waals surface area contributed by atoms with E-state index in [1.807, 2.05) is 6.07 Å². The van der Waals surface area contributed by atoms with E-state index in [-0.39, 0.29) is 5.91 Å². The van der Waals surface area contributed by atoms with Crippen molar-refractivity contribution in [1.82, 2.24) is 4.98 Å². The Balaban J connectivity index is 2.11. The molecule has 0 fully saturated rings. The minimum Gasteiger partial charge on any atom is -0.480 e. The van der Waals surface area contributed by atoms with Crippen LogP contribution in [0.2, 0.25) is 0 Å². The summed E-state index contributed by atoms with van der Waals surface area (Å²) in [5.41, 5.74) is 7.18. The first-order chi connectivity index (χ1) is 9.95. The van der Waals surface area contributed by atoms with Crippen LogP contribution in [0.15, 0.2) is 29.6 Å². The van der Waals surface area contributed by atoms with E-state index < -0.39 is 12.0 Å². The third kappa shape index (κ3) is 4.01. The van der Waals surface area contributed by atoms with Gasteiger partial charge in [0.25, 0.3) is 0 Å². The van der Waals surface area contributed by atoms with Gasteiger partial charge < -0.3 is 21.5 Å². The lowest BCUT2D eigenvalue weighted by atomic mass is 10.2. The van der Waals surface area contributed by atoms with Crippen molar-refractivity contribution in [1.29, 1.82) is 0 Å². The van der Waals surface area contributed by atoms with Gasteiger partial charge in [-0.3, -0.25) is 9.59 Å². The van der Waals surface area contributed by atoms with Crippen molar-refractivity contribution in [3.63, 3.8) is 0 Å². The average Bonchev–Trinajstić information content (AvgIpc) is 2.85. The summed E-state index contributed by atoms with van der Waals surface area (Å²) in [5, 5.41) is 16.7. The van der Waals surface area contributed by atoms with Gasteiger partial charge >= 0.3 is 5.97 Å². The van der Waals surface area contributed by atoms with Gasteiger partial charge in [0.1, 0.15) is 6.04 Å². The van der Waals surface area contributed by atoms with Crippen molar-refractivity contribution < 1.29 is 14.7 Å². The van der Waals surface area contributed by atoms with Crippen LogP contribution in [0.25, 0.3) is 0 Å². The monoisotopic (exact) mass is 306 g/mol. The predicted molar refractivity (Wildman–Crippen MR) is 80.7 cm³/mol. The molecule has 0 saturated heterocycles. The molecule has 0 radical (unpaired) electrons. The topological polar surface area (TPSA) is 117 Å². The number of thiazole rings is 1. The van der Waals surface area contributed by atoms with Crippen LogP contribution in [0.5, 0.6) is 0 Å². The molecule has 2 rings (SSSR count). The SMILES string of the molecule is CC(=O)Nc1cccc(Nc2nc(C(N)C(=O)O)cs2)c1. The minimum absolute atomic E-state index is 0.156. The number of aliphatic carboxylic acids is 1. The molecule has 8 heteroatoms. The smallest absolute Gasteiger partial charge is 0.326 e. The zero-order valence-corrected chi connectivity index (χ0v) is 12.0. The molecule has 110 valence electrons. The first-order valence-corrected chi connectivity index (χ1v) is 6.92. The van der Waals surface area contributed by atoms with Crippen LogP contribution >= 0.6 is 11.3 Å². The van der Waals surface area contributed by atoms with E-state index in [0.29, 0.717) is 16.5 Å². The fraction of sp³-hybridized carbons (Fsp3) is 0.154. The summed E-state index contributed by atoms with van der Waals surface area (Å²) in [6, 6.07) is 5.97. The molecule has 1 heterocycles. The zero-order valence-electron chi connectivity index (χ0n) is 11.2. The van der Waals surface area contributed by atoms with E-state index in [4.69, 9.17) is 10.8 Å². The van der Waals surface area contributed by atoms with E-state index in [2.05, 4.69) is 15.6 Å². The van der Waals surface area contributed by atoms with Crippen molar-refractivity contribution in [2.75, 3.05) is 10.6 Å². The fourth-order valence-electron chi connectivity index (χ4n) is 1.61. The van der Waals surface area contributed by atoms with Gasteiger partial charge in [-0.2, -0.15) is 0 Å². The first-order valence-electron chi connectivity index (χ1n) is 6.04. The highest BCUT2D eigenvalue weighted by Gasteiger charge is 2.17. The van der Waals surface area contributed by atoms with Crippen LogP contribution in [-0.2, 0) is 9.59 Å². The molecule has 0 saturated carbocycles. The molecule has 0 aliphatic heterocycles. The molecule has 1 amide bonds. The van der Waals surface area contributed by atoms with E-state index in [1.54, 1.807) is 23.6 Å². The molecule has 0 bridgehead atoms. The van der Waals surface area contributed by atoms with Crippen molar-refractivity contribution in [2.24, 2.45) is 5.73 Å². The number of anilines is 3. The van der Waals surface area contributed by atoms with Crippen molar-refractivity contribution in [3.05, 3.63) is 35.3 Å². The number of amides is 1. The van der Waals surface area contributed by atoms with Gasteiger partial charge in [0.2, 0.25) is 5.91 Å². The van der Waals surface area contributed by atoms with E-state index in [0.717, 1.165) is 5.69 Å². The van der Waals surface area contributed by atoms with Crippen LogP contribution < -0.4 is 16.4 Å². The number of nitrogens with two attached hydrogens (primary N) is 1. The number of benzene rings is 1. The Hall–Kier alpha value is -2.45. The van der Waals surface area contributed by atoms with Gasteiger partial charge in [0.15, 0.2) is 5.13 Å². The molecule has 5 N–H and O–H groups in total. The predicted octanol–water partition coefficient (Wildman–Crippen LogP) is 1.93. The Morgan fingerprint density at radius 1 is 1.38 bits per heavy atom. The maximum absolute atomic E-state index is 11.0. The molecular weight excluding hydrogens is 292 g/mol. The Bertz CT molecular complexity index is 671. The average molecular weight is 306 g/mol. The molecule has 1 unspecified atom stereocenters. The Kier molecular flexibility index (Phi) is 4.51. The minimum atomic E-state index is -1.14. The number of rotatable bonds is 5. The number of carbonyl (C=O) groups excluding carboxylic acids is 1. The maximum atomic E-state index is 11.0. The number of carboxylic acid groups (broad SMARTS) is 1. The first kappa shape index (κ1) is 14.9. The highest BCUT2D eigenvalue weighted by Crippen LogP contribution is 2.25. The molecular formula is C13H14N4O3S. The molecule has 7 nitrogen and oxygen atoms in total. The largest absolute Gasteiger partial charge is 0.480 e. The Labute approximate surface area is 124 Å². The highest BCUT2D eigenvalue weighted by molar-refractivity contribution is 7.13. The van der Waals surface area contributed by atoms with Gasteiger partial charge in [-0.25, -0.2) is 4.98 Å². The van der Waals surface area contributed by atoms with E-state index >= 15 is 0 Å². The fourth-order valence-corrected chi connectivity index (χ4v) is 2.38. The van der Waals surface area contributed by atoms with Crippen molar-refractivity contribution in [2.45, 2.75) is 13.0 Å². The second-order valence-corrected chi connectivity index (χ2v) is 5.14. The summed E-state index contributed by atoms with van der Waals surface area (Å²) in [6.45, 7) is 1.43. The molecule has 1 atom stereocenters. The van der Waals surface area contributed by atoms with E-state index in [9.17, 15) is 9.59 Å². The molecule has 1 aromatic heterocycles. The third-order valence-electron chi connectivity index (χ3n) is 2.54. The summed E-state index contributed by atoms with van der Waals surface area (Å²) in [4.78, 5) is 25.9. The second-order valence-electron chi connectivity index (χ2n) is 4.28. The maximum Gasteiger partial charge on any atom is 0.326 e. The molecule has 1 aromatic carbocycles. The molecule has 0 aliphatic carbocycles. The van der Waals surface area contributed by atoms with Crippen LogP contribution in [-0.4, -0.2) is 22.0 Å². The van der Waals surface area contributed by atoms with Gasteiger partial charge in [0.05, 0.1) is 5.69 Å². The zero-order chi connectivity index (χ0) is 15.4. The number of nitrogens with one attached hydrogen (secondary N) is 2. The molecule has 21 heavy (non-hydrogen) atoms. The second kappa shape index (κ2) is 6.33. The number of aromatic nitrogens is 1.